The van der Waals surface area contributed by atoms with E-state index in [1.54, 1.807) is 12.1 Å². The summed E-state index contributed by atoms with van der Waals surface area (Å²) in [5.41, 5.74) is 11.8. The maximum absolute atomic E-state index is 7.98. The van der Waals surface area contributed by atoms with Gasteiger partial charge in [0, 0.05) is 5.56 Å². The van der Waals surface area contributed by atoms with Gasteiger partial charge in [0.2, 0.25) is 0 Å². The van der Waals surface area contributed by atoms with Crippen molar-refractivity contribution in [1.29, 1.82) is 10.8 Å². The number of rotatable bonds is 3. The number of nitrogen functional groups attached to an aromatic ring is 1. The van der Waals surface area contributed by atoms with Crippen LogP contribution in [0.25, 0.3) is 6.08 Å². The fourth-order valence-corrected chi connectivity index (χ4v) is 2.51. The first-order valence-corrected chi connectivity index (χ1v) is 6.50. The molecule has 0 bridgehead atoms. The maximum atomic E-state index is 7.98. The number of nitrogens with two attached hydrogens (primary N) is 2. The Morgan fingerprint density at radius 3 is 2.33 bits per heavy atom. The third-order valence-electron chi connectivity index (χ3n) is 3.63. The molecule has 5 heteroatoms. The highest BCUT2D eigenvalue weighted by Crippen LogP contribution is 2.28. The summed E-state index contributed by atoms with van der Waals surface area (Å²) in [6.45, 7) is 0. The average molecular weight is 277 g/mol. The Labute approximate surface area is 121 Å². The molecule has 2 aromatic rings. The molecule has 1 heterocycles. The molecule has 6 N–H and O–H groups in total. The Morgan fingerprint density at radius 2 is 1.71 bits per heavy atom. The molecule has 0 saturated carbocycles. The number of nitrogens with one attached hydrogen (secondary N) is 2. The van der Waals surface area contributed by atoms with Gasteiger partial charge in [0.1, 0.15) is 11.7 Å². The predicted molar refractivity (Wildman–Crippen MR) is 82.7 cm³/mol. The van der Waals surface area contributed by atoms with Crippen LogP contribution in [-0.2, 0) is 5.54 Å². The topological polar surface area (TPSA) is 112 Å². The van der Waals surface area contributed by atoms with Crippen molar-refractivity contribution in [1.82, 2.24) is 0 Å². The number of fused-ring (bicyclic) bond motifs is 1. The quantitative estimate of drug-likeness (QED) is 0.475. The zero-order valence-corrected chi connectivity index (χ0v) is 11.3. The average Bonchev–Trinajstić information content (AvgIpc) is 2.88. The number of nitrogens with zero attached hydrogens (tertiary/aromatic N) is 1. The van der Waals surface area contributed by atoms with Crippen molar-refractivity contribution in [2.45, 2.75) is 5.54 Å². The first-order chi connectivity index (χ1) is 10.0. The van der Waals surface area contributed by atoms with Crippen LogP contribution in [0.4, 0.5) is 0 Å². The van der Waals surface area contributed by atoms with Gasteiger partial charge < -0.3 is 11.5 Å². The first-order valence-electron chi connectivity index (χ1n) is 6.50. The number of benzene rings is 2. The molecule has 0 aliphatic carbocycles. The van der Waals surface area contributed by atoms with Gasteiger partial charge in [0.05, 0.1) is 5.36 Å². The molecule has 2 aromatic carbocycles. The van der Waals surface area contributed by atoms with Crippen LogP contribution >= 0.6 is 0 Å². The smallest absolute Gasteiger partial charge is 0.162 e. The van der Waals surface area contributed by atoms with Gasteiger partial charge in [-0.1, -0.05) is 42.5 Å². The highest BCUT2D eigenvalue weighted by Gasteiger charge is 2.35. The van der Waals surface area contributed by atoms with Crippen LogP contribution < -0.4 is 22.0 Å². The lowest BCUT2D eigenvalue weighted by atomic mass is 9.89. The van der Waals surface area contributed by atoms with Gasteiger partial charge in [0.15, 0.2) is 5.54 Å². The summed E-state index contributed by atoms with van der Waals surface area (Å²) >= 11 is 0. The minimum absolute atomic E-state index is 0.00645. The van der Waals surface area contributed by atoms with E-state index < -0.39 is 5.54 Å². The van der Waals surface area contributed by atoms with Crippen molar-refractivity contribution in [3.05, 3.63) is 70.2 Å². The zero-order valence-electron chi connectivity index (χ0n) is 11.3. The molecule has 3 rings (SSSR count). The van der Waals surface area contributed by atoms with Crippen LogP contribution in [0.1, 0.15) is 11.1 Å². The molecular formula is C16H15N5. The van der Waals surface area contributed by atoms with Crippen LogP contribution in [0.5, 0.6) is 0 Å². The van der Waals surface area contributed by atoms with Gasteiger partial charge in [-0.15, -0.1) is 0 Å². The maximum Gasteiger partial charge on any atom is 0.162 e. The highest BCUT2D eigenvalue weighted by molar-refractivity contribution is 5.97. The number of hydrogen-bond acceptors (Lipinski definition) is 3. The van der Waals surface area contributed by atoms with Gasteiger partial charge in [0.25, 0.3) is 0 Å². The van der Waals surface area contributed by atoms with Crippen LogP contribution in [0.3, 0.4) is 0 Å². The summed E-state index contributed by atoms with van der Waals surface area (Å²) in [5.74, 6) is -0.0395. The fourth-order valence-electron chi connectivity index (χ4n) is 2.51. The van der Waals surface area contributed by atoms with E-state index in [2.05, 4.69) is 4.99 Å². The lowest BCUT2D eigenvalue weighted by Crippen LogP contribution is -2.36. The van der Waals surface area contributed by atoms with E-state index in [0.717, 1.165) is 10.8 Å². The van der Waals surface area contributed by atoms with Gasteiger partial charge >= 0.3 is 0 Å². The van der Waals surface area contributed by atoms with Crippen LogP contribution in [0.2, 0.25) is 0 Å². The van der Waals surface area contributed by atoms with Crippen molar-refractivity contribution < 1.29 is 0 Å². The summed E-state index contributed by atoms with van der Waals surface area (Å²) in [6, 6.07) is 14.9. The summed E-state index contributed by atoms with van der Waals surface area (Å²) in [4.78, 5) is 4.64. The minimum atomic E-state index is -0.973. The Bertz CT molecular complexity index is 854. The van der Waals surface area contributed by atoms with E-state index in [1.165, 1.54) is 0 Å². The number of amidine groups is 2. The molecule has 1 aliphatic rings. The molecule has 0 spiro atoms. The molecule has 0 fully saturated rings. The molecule has 0 radical (unpaired) electrons. The molecule has 1 aliphatic heterocycles. The molecule has 5 nitrogen and oxygen atoms in total. The van der Waals surface area contributed by atoms with E-state index in [1.807, 2.05) is 42.5 Å². The van der Waals surface area contributed by atoms with E-state index in [4.69, 9.17) is 22.3 Å². The fraction of sp³-hybridized carbons (Fsp3) is 0.0625. The van der Waals surface area contributed by atoms with Crippen molar-refractivity contribution >= 4 is 17.7 Å². The lowest BCUT2D eigenvalue weighted by Gasteiger charge is -2.23. The molecule has 0 aromatic heterocycles. The van der Waals surface area contributed by atoms with Crippen molar-refractivity contribution in [3.63, 3.8) is 0 Å². The molecule has 0 saturated heterocycles. The lowest BCUT2D eigenvalue weighted by molar-refractivity contribution is 0.783. The van der Waals surface area contributed by atoms with Crippen molar-refractivity contribution in [2.24, 2.45) is 16.5 Å². The molecule has 21 heavy (non-hydrogen) atoms. The predicted octanol–water partition coefficient (Wildman–Crippen LogP) is 0.216. The Kier molecular flexibility index (Phi) is 2.83. The SMILES string of the molecule is N=C(N)c1ccc2c(c1)=NC(C(=N)N)(c1ccccc1)C=2. The molecule has 1 unspecified atom stereocenters. The molecule has 1 atom stereocenters. The minimum Gasteiger partial charge on any atom is -0.385 e. The van der Waals surface area contributed by atoms with E-state index in [9.17, 15) is 0 Å². The second kappa shape index (κ2) is 4.56. The summed E-state index contributed by atoms with van der Waals surface area (Å²) in [7, 11) is 0. The van der Waals surface area contributed by atoms with Crippen molar-refractivity contribution in [3.8, 4) is 0 Å². The van der Waals surface area contributed by atoms with Crippen molar-refractivity contribution in [2.75, 3.05) is 0 Å². The molecule has 0 amide bonds. The molecular weight excluding hydrogens is 262 g/mol. The Morgan fingerprint density at radius 1 is 1.00 bits per heavy atom. The second-order valence-electron chi connectivity index (χ2n) is 4.99. The van der Waals surface area contributed by atoms with E-state index in [-0.39, 0.29) is 11.7 Å². The van der Waals surface area contributed by atoms with Gasteiger partial charge in [-0.2, -0.15) is 0 Å². The van der Waals surface area contributed by atoms with Gasteiger partial charge in [-0.3, -0.25) is 15.8 Å². The standard InChI is InChI=1S/C16H15N5/c17-14(18)10-6-7-11-9-16(15(19)20,21-13(11)8-10)12-4-2-1-3-5-12/h1-9H,(H3,17,18)(H3,19,20). The third-order valence-corrected chi connectivity index (χ3v) is 3.63. The largest absolute Gasteiger partial charge is 0.385 e. The number of hydrogen-bond donors (Lipinski definition) is 4. The van der Waals surface area contributed by atoms with E-state index in [0.29, 0.717) is 10.9 Å². The molecule has 104 valence electrons. The summed E-state index contributed by atoms with van der Waals surface area (Å²) < 4.78 is 0. The highest BCUT2D eigenvalue weighted by atomic mass is 15.0. The third kappa shape index (κ3) is 1.99. The van der Waals surface area contributed by atoms with Crippen LogP contribution in [0.15, 0.2) is 53.5 Å². The summed E-state index contributed by atoms with van der Waals surface area (Å²) in [5, 5.41) is 17.1. The summed E-state index contributed by atoms with van der Waals surface area (Å²) in [6.07, 6.45) is 1.88. The van der Waals surface area contributed by atoms with Gasteiger partial charge in [-0.05, 0) is 22.9 Å². The van der Waals surface area contributed by atoms with Gasteiger partial charge in [-0.25, -0.2) is 0 Å². The Balaban J connectivity index is 2.27. The normalized spacial score (nSPS) is 19.2. The van der Waals surface area contributed by atoms with Crippen LogP contribution in [0, 0.1) is 10.8 Å². The van der Waals surface area contributed by atoms with E-state index >= 15 is 0 Å². The second-order valence-corrected chi connectivity index (χ2v) is 4.99. The first kappa shape index (κ1) is 13.1. The van der Waals surface area contributed by atoms with Crippen LogP contribution in [-0.4, -0.2) is 11.7 Å². The monoisotopic (exact) mass is 277 g/mol. The zero-order chi connectivity index (χ0) is 15.0. The Hall–Kier alpha value is -2.95.